The van der Waals surface area contributed by atoms with Crippen molar-refractivity contribution in [2.24, 2.45) is 5.92 Å². The van der Waals surface area contributed by atoms with E-state index in [2.05, 4.69) is 17.1 Å². The fourth-order valence-electron chi connectivity index (χ4n) is 3.03. The Hall–Kier alpha value is -2.35. The molecule has 2 aromatic carbocycles. The Bertz CT molecular complexity index is 772. The number of hydrogen-bond donors (Lipinski definition) is 1. The molecule has 1 aliphatic carbocycles. The lowest BCUT2D eigenvalue weighted by atomic mass is 10.0. The number of rotatable bonds is 3. The van der Waals surface area contributed by atoms with Crippen molar-refractivity contribution in [2.45, 2.75) is 12.3 Å². The Morgan fingerprint density at radius 1 is 1.00 bits per heavy atom. The highest BCUT2D eigenvalue weighted by Crippen LogP contribution is 2.49. The molecule has 0 radical (unpaired) electrons. The number of hydrogen-bond acceptors (Lipinski definition) is 1. The van der Waals surface area contributed by atoms with Gasteiger partial charge in [0.15, 0.2) is 5.78 Å². The van der Waals surface area contributed by atoms with Crippen molar-refractivity contribution in [1.29, 1.82) is 0 Å². The summed E-state index contributed by atoms with van der Waals surface area (Å²) in [7, 11) is 0. The van der Waals surface area contributed by atoms with Gasteiger partial charge in [-0.05, 0) is 24.0 Å². The molecule has 1 aromatic heterocycles. The van der Waals surface area contributed by atoms with Crippen molar-refractivity contribution in [2.75, 3.05) is 0 Å². The summed E-state index contributed by atoms with van der Waals surface area (Å²) in [5, 5.41) is 1.04. The topological polar surface area (TPSA) is 32.9 Å². The number of para-hydroxylation sites is 1. The van der Waals surface area contributed by atoms with Gasteiger partial charge in [0.05, 0.1) is 0 Å². The minimum Gasteiger partial charge on any atom is -0.360 e. The highest BCUT2D eigenvalue weighted by molar-refractivity contribution is 6.10. The number of ketones is 1. The summed E-state index contributed by atoms with van der Waals surface area (Å²) in [6.45, 7) is 0. The predicted octanol–water partition coefficient (Wildman–Crippen LogP) is 4.15. The quantitative estimate of drug-likeness (QED) is 0.706. The van der Waals surface area contributed by atoms with Gasteiger partial charge in [0, 0.05) is 28.6 Å². The van der Waals surface area contributed by atoms with E-state index in [0.717, 1.165) is 22.9 Å². The molecule has 2 atom stereocenters. The van der Waals surface area contributed by atoms with Crippen LogP contribution in [-0.4, -0.2) is 10.8 Å². The van der Waals surface area contributed by atoms with Gasteiger partial charge in [-0.1, -0.05) is 48.5 Å². The lowest BCUT2D eigenvalue weighted by molar-refractivity contribution is 0.0967. The van der Waals surface area contributed by atoms with Crippen LogP contribution in [0.25, 0.3) is 10.9 Å². The summed E-state index contributed by atoms with van der Waals surface area (Å²) in [6.07, 6.45) is 2.83. The molecule has 0 saturated heterocycles. The SMILES string of the molecule is O=C(c1c[nH]c2ccccc12)C1CC1c1ccccc1. The van der Waals surface area contributed by atoms with E-state index in [-0.39, 0.29) is 11.7 Å². The molecule has 4 rings (SSSR count). The van der Waals surface area contributed by atoms with Crippen molar-refractivity contribution in [3.63, 3.8) is 0 Å². The first-order valence-corrected chi connectivity index (χ1v) is 7.00. The average Bonchev–Trinajstić information content (AvgIpc) is 3.20. The first kappa shape index (κ1) is 11.5. The molecule has 0 aliphatic heterocycles. The standard InChI is InChI=1S/C18H15NO/c20-18(15-10-14(15)12-6-2-1-3-7-12)16-11-19-17-9-5-4-8-13(16)17/h1-9,11,14-15,19H,10H2. The number of H-pyrrole nitrogens is 1. The first-order chi connectivity index (χ1) is 9.84. The third-order valence-corrected chi connectivity index (χ3v) is 4.21. The van der Waals surface area contributed by atoms with Gasteiger partial charge in [-0.3, -0.25) is 4.79 Å². The maximum atomic E-state index is 12.6. The smallest absolute Gasteiger partial charge is 0.168 e. The van der Waals surface area contributed by atoms with E-state index < -0.39 is 0 Å². The van der Waals surface area contributed by atoms with Crippen molar-refractivity contribution in [3.05, 3.63) is 71.9 Å². The van der Waals surface area contributed by atoms with Gasteiger partial charge in [0.25, 0.3) is 0 Å². The molecule has 20 heavy (non-hydrogen) atoms. The second-order valence-electron chi connectivity index (χ2n) is 5.47. The van der Waals surface area contributed by atoms with E-state index in [4.69, 9.17) is 0 Å². The molecule has 0 amide bonds. The predicted molar refractivity (Wildman–Crippen MR) is 79.9 cm³/mol. The van der Waals surface area contributed by atoms with Crippen LogP contribution in [-0.2, 0) is 0 Å². The fourth-order valence-corrected chi connectivity index (χ4v) is 3.03. The minimum atomic E-state index is 0.150. The zero-order valence-electron chi connectivity index (χ0n) is 11.0. The van der Waals surface area contributed by atoms with Crippen LogP contribution >= 0.6 is 0 Å². The number of fused-ring (bicyclic) bond motifs is 1. The molecule has 1 fully saturated rings. The second-order valence-corrected chi connectivity index (χ2v) is 5.47. The van der Waals surface area contributed by atoms with Crippen molar-refractivity contribution >= 4 is 16.7 Å². The highest BCUT2D eigenvalue weighted by atomic mass is 16.1. The third-order valence-electron chi connectivity index (χ3n) is 4.21. The molecule has 2 nitrogen and oxygen atoms in total. The summed E-state index contributed by atoms with van der Waals surface area (Å²) in [4.78, 5) is 15.8. The van der Waals surface area contributed by atoms with Gasteiger partial charge < -0.3 is 4.98 Å². The molecule has 1 heterocycles. The Morgan fingerprint density at radius 3 is 2.60 bits per heavy atom. The summed E-state index contributed by atoms with van der Waals surface area (Å²) < 4.78 is 0. The molecule has 98 valence electrons. The van der Waals surface area contributed by atoms with Crippen LogP contribution in [0.4, 0.5) is 0 Å². The number of carbonyl (C=O) groups is 1. The van der Waals surface area contributed by atoms with Gasteiger partial charge in [0.1, 0.15) is 0 Å². The van der Waals surface area contributed by atoms with E-state index in [1.165, 1.54) is 5.56 Å². The van der Waals surface area contributed by atoms with Crippen LogP contribution in [0.15, 0.2) is 60.8 Å². The van der Waals surface area contributed by atoms with Crippen LogP contribution < -0.4 is 0 Å². The average molecular weight is 261 g/mol. The largest absolute Gasteiger partial charge is 0.360 e. The maximum Gasteiger partial charge on any atom is 0.168 e. The molecule has 0 spiro atoms. The first-order valence-electron chi connectivity index (χ1n) is 7.00. The normalized spacial score (nSPS) is 21.0. The minimum absolute atomic E-state index is 0.150. The summed E-state index contributed by atoms with van der Waals surface area (Å²) in [5.74, 6) is 0.824. The number of Topliss-reactive ketones (excluding diaryl/α,β-unsaturated/α-hetero) is 1. The van der Waals surface area contributed by atoms with Gasteiger partial charge in [-0.2, -0.15) is 0 Å². The van der Waals surface area contributed by atoms with Crippen LogP contribution in [0.1, 0.15) is 28.3 Å². The molecule has 1 saturated carbocycles. The Labute approximate surface area is 117 Å². The second kappa shape index (κ2) is 4.34. The number of benzene rings is 2. The fraction of sp³-hybridized carbons (Fsp3) is 0.167. The van der Waals surface area contributed by atoms with E-state index in [9.17, 15) is 4.79 Å². The molecule has 2 unspecified atom stereocenters. The van der Waals surface area contributed by atoms with Crippen molar-refractivity contribution < 1.29 is 4.79 Å². The molecule has 2 heteroatoms. The number of aromatic nitrogens is 1. The Morgan fingerprint density at radius 2 is 1.75 bits per heavy atom. The summed E-state index contributed by atoms with van der Waals surface area (Å²) in [5.41, 5.74) is 3.16. The van der Waals surface area contributed by atoms with E-state index in [1.54, 1.807) is 0 Å². The van der Waals surface area contributed by atoms with Gasteiger partial charge in [0.2, 0.25) is 0 Å². The third kappa shape index (κ3) is 1.76. The Balaban J connectivity index is 1.63. The molecular weight excluding hydrogens is 246 g/mol. The van der Waals surface area contributed by atoms with Gasteiger partial charge in [-0.15, -0.1) is 0 Å². The van der Waals surface area contributed by atoms with Crippen LogP contribution in [0.3, 0.4) is 0 Å². The van der Waals surface area contributed by atoms with E-state index in [0.29, 0.717) is 5.92 Å². The summed E-state index contributed by atoms with van der Waals surface area (Å²) in [6, 6.07) is 18.3. The van der Waals surface area contributed by atoms with Gasteiger partial charge >= 0.3 is 0 Å². The highest BCUT2D eigenvalue weighted by Gasteiger charge is 2.44. The monoisotopic (exact) mass is 261 g/mol. The van der Waals surface area contributed by atoms with Crippen LogP contribution in [0.5, 0.6) is 0 Å². The lowest BCUT2D eigenvalue weighted by Gasteiger charge is -2.00. The number of carbonyl (C=O) groups excluding carboxylic acids is 1. The summed E-state index contributed by atoms with van der Waals surface area (Å²) >= 11 is 0. The van der Waals surface area contributed by atoms with Gasteiger partial charge in [-0.25, -0.2) is 0 Å². The molecular formula is C18H15NO. The lowest BCUT2D eigenvalue weighted by Crippen LogP contribution is -2.02. The molecule has 1 N–H and O–H groups in total. The molecule has 1 aliphatic rings. The molecule has 0 bridgehead atoms. The number of nitrogens with one attached hydrogen (secondary N) is 1. The van der Waals surface area contributed by atoms with E-state index in [1.807, 2.05) is 48.7 Å². The van der Waals surface area contributed by atoms with Crippen LogP contribution in [0.2, 0.25) is 0 Å². The molecule has 3 aromatic rings. The Kier molecular flexibility index (Phi) is 2.49. The number of aromatic amines is 1. The van der Waals surface area contributed by atoms with E-state index >= 15 is 0 Å². The zero-order chi connectivity index (χ0) is 13.5. The maximum absolute atomic E-state index is 12.6. The van der Waals surface area contributed by atoms with Crippen molar-refractivity contribution in [1.82, 2.24) is 4.98 Å². The van der Waals surface area contributed by atoms with Crippen molar-refractivity contribution in [3.8, 4) is 0 Å². The van der Waals surface area contributed by atoms with Crippen LogP contribution in [0, 0.1) is 5.92 Å². The zero-order valence-corrected chi connectivity index (χ0v) is 11.0.